The van der Waals surface area contributed by atoms with Crippen molar-refractivity contribution < 1.29 is 14.1 Å². The van der Waals surface area contributed by atoms with Crippen molar-refractivity contribution in [3.05, 3.63) is 21.9 Å². The van der Waals surface area contributed by atoms with Gasteiger partial charge in [0.05, 0.1) is 11.5 Å². The van der Waals surface area contributed by atoms with Crippen LogP contribution in [0.4, 0.5) is 4.39 Å². The fourth-order valence-corrected chi connectivity index (χ4v) is 1.55. The van der Waals surface area contributed by atoms with Gasteiger partial charge in [0.15, 0.2) is 0 Å². The highest BCUT2D eigenvalue weighted by molar-refractivity contribution is 4.97. The number of halogens is 1. The Balaban J connectivity index is 2.52. The summed E-state index contributed by atoms with van der Waals surface area (Å²) in [6.45, 7) is 3.78. The zero-order chi connectivity index (χ0) is 12.1. The van der Waals surface area contributed by atoms with Crippen LogP contribution in [-0.4, -0.2) is 31.7 Å². The lowest BCUT2D eigenvalue weighted by molar-refractivity contribution is -0.449. The minimum absolute atomic E-state index is 0.191. The summed E-state index contributed by atoms with van der Waals surface area (Å²) in [5, 5.41) is 15.4. The number of nitro groups is 1. The van der Waals surface area contributed by atoms with Crippen LogP contribution in [0.25, 0.3) is 0 Å². The quantitative estimate of drug-likeness (QED) is 0.409. The van der Waals surface area contributed by atoms with E-state index in [0.29, 0.717) is 25.7 Å². The summed E-state index contributed by atoms with van der Waals surface area (Å²) in [7, 11) is 1.43. The second-order valence-electron chi connectivity index (χ2n) is 3.83. The highest BCUT2D eigenvalue weighted by Crippen LogP contribution is 2.19. The Morgan fingerprint density at radius 3 is 2.75 bits per heavy atom. The first-order valence-corrected chi connectivity index (χ1v) is 5.09. The lowest BCUT2D eigenvalue weighted by atomic mass is 9.98. The number of hydrogen-bond donors (Lipinski definition) is 2. The van der Waals surface area contributed by atoms with Gasteiger partial charge in [-0.1, -0.05) is 6.92 Å². The van der Waals surface area contributed by atoms with Crippen molar-refractivity contribution in [3.8, 4) is 0 Å². The van der Waals surface area contributed by atoms with E-state index in [9.17, 15) is 14.5 Å². The summed E-state index contributed by atoms with van der Waals surface area (Å²) in [6.07, 6.45) is 0. The zero-order valence-corrected chi connectivity index (χ0v) is 9.33. The predicted molar refractivity (Wildman–Crippen MR) is 55.7 cm³/mol. The Morgan fingerprint density at radius 2 is 2.31 bits per heavy atom. The van der Waals surface area contributed by atoms with E-state index in [1.807, 2.05) is 6.92 Å². The Bertz CT molecular complexity index is 296. The van der Waals surface area contributed by atoms with E-state index < -0.39 is 10.9 Å². The van der Waals surface area contributed by atoms with Crippen LogP contribution in [0.3, 0.4) is 0 Å². The van der Waals surface area contributed by atoms with Gasteiger partial charge in [-0.05, 0) is 5.92 Å². The Hall–Kier alpha value is -1.37. The summed E-state index contributed by atoms with van der Waals surface area (Å²) in [6, 6.07) is 0. The molecule has 2 unspecified atom stereocenters. The highest BCUT2D eigenvalue weighted by atomic mass is 19.1. The molecule has 1 rings (SSSR count). The van der Waals surface area contributed by atoms with Gasteiger partial charge in [-0.2, -0.15) is 0 Å². The molecular formula is C9H16FN3O3. The second-order valence-corrected chi connectivity index (χ2v) is 3.83. The van der Waals surface area contributed by atoms with Crippen molar-refractivity contribution in [2.75, 3.05) is 26.8 Å². The molecule has 1 saturated heterocycles. The number of nitrogens with zero attached hydrogens (tertiary/aromatic N) is 1. The minimum Gasteiger partial charge on any atom is -0.381 e. The van der Waals surface area contributed by atoms with E-state index >= 15 is 0 Å². The van der Waals surface area contributed by atoms with Crippen molar-refractivity contribution in [2.45, 2.75) is 6.92 Å². The lowest BCUT2D eigenvalue weighted by Crippen LogP contribution is -2.32. The van der Waals surface area contributed by atoms with Crippen LogP contribution in [0.1, 0.15) is 6.92 Å². The SMILES string of the molecule is CNC(NCC1COCC1C)=C(F)[N+](=O)[O-]. The fourth-order valence-electron chi connectivity index (χ4n) is 1.55. The van der Waals surface area contributed by atoms with Crippen molar-refractivity contribution in [2.24, 2.45) is 11.8 Å². The van der Waals surface area contributed by atoms with Gasteiger partial charge in [-0.3, -0.25) is 10.1 Å². The Morgan fingerprint density at radius 1 is 1.62 bits per heavy atom. The summed E-state index contributed by atoms with van der Waals surface area (Å²) in [4.78, 5) is 9.17. The smallest absolute Gasteiger partial charge is 0.381 e. The molecule has 0 aliphatic carbocycles. The van der Waals surface area contributed by atoms with Gasteiger partial charge in [-0.25, -0.2) is 0 Å². The third-order valence-corrected chi connectivity index (χ3v) is 2.68. The van der Waals surface area contributed by atoms with E-state index in [0.717, 1.165) is 0 Å². The summed E-state index contributed by atoms with van der Waals surface area (Å²) < 4.78 is 18.2. The minimum atomic E-state index is -1.39. The molecule has 1 heterocycles. The maximum Gasteiger partial charge on any atom is 0.459 e. The summed E-state index contributed by atoms with van der Waals surface area (Å²) in [5.41, 5.74) is 0. The van der Waals surface area contributed by atoms with E-state index in [1.165, 1.54) is 7.05 Å². The molecule has 0 aromatic rings. The maximum atomic E-state index is 13.0. The van der Waals surface area contributed by atoms with Crippen LogP contribution in [0.2, 0.25) is 0 Å². The number of nitrogens with one attached hydrogen (secondary N) is 2. The molecule has 0 aromatic carbocycles. The number of ether oxygens (including phenoxy) is 1. The molecule has 0 amide bonds. The number of rotatable bonds is 5. The molecule has 16 heavy (non-hydrogen) atoms. The molecule has 0 radical (unpaired) electrons. The van der Waals surface area contributed by atoms with Crippen molar-refractivity contribution in [1.29, 1.82) is 0 Å². The molecule has 0 bridgehead atoms. The van der Waals surface area contributed by atoms with Crippen molar-refractivity contribution in [1.82, 2.24) is 10.6 Å². The van der Waals surface area contributed by atoms with Gasteiger partial charge < -0.3 is 15.4 Å². The van der Waals surface area contributed by atoms with Crippen LogP contribution >= 0.6 is 0 Å². The molecule has 1 aliphatic heterocycles. The topological polar surface area (TPSA) is 76.4 Å². The van der Waals surface area contributed by atoms with Crippen LogP contribution < -0.4 is 10.6 Å². The first kappa shape index (κ1) is 12.7. The van der Waals surface area contributed by atoms with Crippen LogP contribution in [-0.2, 0) is 4.74 Å². The van der Waals surface area contributed by atoms with E-state index in [2.05, 4.69) is 10.6 Å². The third-order valence-electron chi connectivity index (χ3n) is 2.68. The molecule has 0 aromatic heterocycles. The fraction of sp³-hybridized carbons (Fsp3) is 0.778. The molecule has 2 atom stereocenters. The Kier molecular flexibility index (Phi) is 4.48. The molecule has 6 nitrogen and oxygen atoms in total. The number of hydrogen-bond acceptors (Lipinski definition) is 5. The monoisotopic (exact) mass is 233 g/mol. The van der Waals surface area contributed by atoms with Crippen LogP contribution in [0.15, 0.2) is 11.8 Å². The molecule has 92 valence electrons. The van der Waals surface area contributed by atoms with Gasteiger partial charge in [0.1, 0.15) is 0 Å². The first-order valence-electron chi connectivity index (χ1n) is 5.09. The van der Waals surface area contributed by atoms with Gasteiger partial charge in [0, 0.05) is 26.1 Å². The summed E-state index contributed by atoms with van der Waals surface area (Å²) in [5.74, 6) is -0.953. The average Bonchev–Trinajstić information content (AvgIpc) is 2.65. The molecule has 1 fully saturated rings. The van der Waals surface area contributed by atoms with Crippen LogP contribution in [0, 0.1) is 22.0 Å². The third kappa shape index (κ3) is 3.06. The average molecular weight is 233 g/mol. The molecular weight excluding hydrogens is 217 g/mol. The van der Waals surface area contributed by atoms with Crippen LogP contribution in [0.5, 0.6) is 0 Å². The standard InChI is InChI=1S/C9H16FN3O3/c1-6-4-16-5-7(6)3-12-9(11-2)8(10)13(14)15/h6-7,11-12H,3-5H2,1-2H3. The van der Waals surface area contributed by atoms with E-state index in [1.54, 1.807) is 0 Å². The van der Waals surface area contributed by atoms with Gasteiger partial charge >= 0.3 is 5.95 Å². The normalized spacial score (nSPS) is 26.2. The lowest BCUT2D eigenvalue weighted by Gasteiger charge is -2.15. The second kappa shape index (κ2) is 5.64. The molecule has 1 aliphatic rings. The molecule has 2 N–H and O–H groups in total. The zero-order valence-electron chi connectivity index (χ0n) is 9.33. The largest absolute Gasteiger partial charge is 0.459 e. The maximum absolute atomic E-state index is 13.0. The van der Waals surface area contributed by atoms with Crippen molar-refractivity contribution >= 4 is 0 Å². The van der Waals surface area contributed by atoms with Gasteiger partial charge in [-0.15, -0.1) is 4.39 Å². The first-order chi connectivity index (χ1) is 7.56. The van der Waals surface area contributed by atoms with Crippen molar-refractivity contribution in [3.63, 3.8) is 0 Å². The van der Waals surface area contributed by atoms with E-state index in [-0.39, 0.29) is 11.7 Å². The van der Waals surface area contributed by atoms with E-state index in [4.69, 9.17) is 4.74 Å². The predicted octanol–water partition coefficient (Wildman–Crippen LogP) is 0.451. The molecule has 7 heteroatoms. The molecule has 0 saturated carbocycles. The summed E-state index contributed by atoms with van der Waals surface area (Å²) >= 11 is 0. The van der Waals surface area contributed by atoms with Gasteiger partial charge in [0.2, 0.25) is 5.82 Å². The highest BCUT2D eigenvalue weighted by Gasteiger charge is 2.25. The Labute approximate surface area is 93.0 Å². The molecule has 0 spiro atoms. The van der Waals surface area contributed by atoms with Gasteiger partial charge in [0.25, 0.3) is 0 Å².